The zero-order chi connectivity index (χ0) is 13.1. The van der Waals surface area contributed by atoms with E-state index in [0.29, 0.717) is 0 Å². The number of rotatable bonds is 4. The summed E-state index contributed by atoms with van der Waals surface area (Å²) in [7, 11) is -2.83. The molecule has 0 amide bonds. The molecule has 98 valence electrons. The largest absolute Gasteiger partial charge is 0.695 e. The lowest BCUT2D eigenvalue weighted by Crippen LogP contribution is -2.31. The summed E-state index contributed by atoms with van der Waals surface area (Å²) in [6, 6.07) is 0. The molecule has 1 N–H and O–H groups in total. The number of Topliss-reactive ketones (excluding diaryl/α,β-unsaturated/α-hetero) is 1. The van der Waals surface area contributed by atoms with Gasteiger partial charge in [-0.3, -0.25) is 4.79 Å². The van der Waals surface area contributed by atoms with Gasteiger partial charge in [0.25, 0.3) is 0 Å². The summed E-state index contributed by atoms with van der Waals surface area (Å²) in [6.07, 6.45) is -4.00. The number of hydrogen-bond donors (Lipinski definition) is 1. The van der Waals surface area contributed by atoms with Crippen molar-refractivity contribution < 1.29 is 31.9 Å². The van der Waals surface area contributed by atoms with Crippen molar-refractivity contribution in [3.05, 3.63) is 0 Å². The van der Waals surface area contributed by atoms with Crippen LogP contribution in [0.1, 0.15) is 25.7 Å². The van der Waals surface area contributed by atoms with Gasteiger partial charge in [0.05, 0.1) is 5.92 Å². The Balaban J connectivity index is 2.36. The first-order valence-electron chi connectivity index (χ1n) is 5.19. The van der Waals surface area contributed by atoms with Gasteiger partial charge in [-0.05, 0) is 25.7 Å². The van der Waals surface area contributed by atoms with Crippen molar-refractivity contribution in [1.29, 1.82) is 0 Å². The molecule has 0 aromatic heterocycles. The third-order valence-electron chi connectivity index (χ3n) is 2.96. The fraction of sp³-hybridized carbons (Fsp3) is 0.889. The second-order valence-electron chi connectivity index (χ2n) is 4.07. The SMILES string of the molecule is O=C(CO[P+](=O)O)C1CCC(C(F)(F)F)CC1. The highest BCUT2D eigenvalue weighted by molar-refractivity contribution is 7.32. The van der Waals surface area contributed by atoms with Crippen molar-refractivity contribution in [2.24, 2.45) is 11.8 Å². The van der Waals surface area contributed by atoms with Crippen LogP contribution < -0.4 is 0 Å². The molecular weight excluding hydrogens is 260 g/mol. The Bertz CT molecular complexity index is 297. The number of ketones is 1. The maximum Gasteiger partial charge on any atom is 0.695 e. The van der Waals surface area contributed by atoms with Gasteiger partial charge >= 0.3 is 14.4 Å². The van der Waals surface area contributed by atoms with Crippen LogP contribution in [0.3, 0.4) is 0 Å². The van der Waals surface area contributed by atoms with Crippen LogP contribution in [0.15, 0.2) is 0 Å². The Kier molecular flexibility index (Phi) is 5.04. The molecule has 1 aliphatic carbocycles. The molecule has 0 spiro atoms. The third kappa shape index (κ3) is 4.69. The molecule has 1 rings (SSSR count). The van der Waals surface area contributed by atoms with Crippen molar-refractivity contribution >= 4 is 14.0 Å². The van der Waals surface area contributed by atoms with Crippen molar-refractivity contribution in [3.63, 3.8) is 0 Å². The first-order valence-corrected chi connectivity index (χ1v) is 6.32. The van der Waals surface area contributed by atoms with Crippen molar-refractivity contribution in [3.8, 4) is 0 Å². The predicted octanol–water partition coefficient (Wildman–Crippen LogP) is 2.59. The smallest absolute Gasteiger partial charge is 0.297 e. The molecule has 1 fully saturated rings. The molecule has 1 saturated carbocycles. The summed E-state index contributed by atoms with van der Waals surface area (Å²) in [6.45, 7) is -0.507. The zero-order valence-corrected chi connectivity index (χ0v) is 9.84. The van der Waals surface area contributed by atoms with Gasteiger partial charge in [0.2, 0.25) is 0 Å². The Morgan fingerprint density at radius 3 is 2.24 bits per heavy atom. The Labute approximate surface area is 97.1 Å². The molecule has 17 heavy (non-hydrogen) atoms. The molecule has 0 heterocycles. The van der Waals surface area contributed by atoms with Crippen LogP contribution in [-0.4, -0.2) is 23.5 Å². The molecule has 0 bridgehead atoms. The van der Waals surface area contributed by atoms with Crippen LogP contribution in [0, 0.1) is 11.8 Å². The van der Waals surface area contributed by atoms with E-state index < -0.39 is 38.7 Å². The fourth-order valence-corrected chi connectivity index (χ4v) is 2.22. The van der Waals surface area contributed by atoms with Crippen LogP contribution in [0.4, 0.5) is 13.2 Å². The lowest BCUT2D eigenvalue weighted by Gasteiger charge is -2.28. The molecule has 0 aromatic rings. The van der Waals surface area contributed by atoms with E-state index >= 15 is 0 Å². The van der Waals surface area contributed by atoms with Gasteiger partial charge in [0.1, 0.15) is 0 Å². The molecule has 0 aliphatic heterocycles. The summed E-state index contributed by atoms with van der Waals surface area (Å²) in [5, 5.41) is 0. The van der Waals surface area contributed by atoms with E-state index in [4.69, 9.17) is 4.89 Å². The molecule has 1 atom stereocenters. The van der Waals surface area contributed by atoms with Crippen molar-refractivity contribution in [2.75, 3.05) is 6.61 Å². The summed E-state index contributed by atoms with van der Waals surface area (Å²) in [4.78, 5) is 19.7. The van der Waals surface area contributed by atoms with E-state index in [1.807, 2.05) is 0 Å². The van der Waals surface area contributed by atoms with Crippen LogP contribution in [0.25, 0.3) is 0 Å². The molecule has 8 heteroatoms. The highest BCUT2D eigenvalue weighted by Gasteiger charge is 2.42. The average Bonchev–Trinajstić information content (AvgIpc) is 2.25. The van der Waals surface area contributed by atoms with Gasteiger partial charge in [-0.1, -0.05) is 0 Å². The first kappa shape index (κ1) is 14.5. The van der Waals surface area contributed by atoms with Crippen LogP contribution in [0.5, 0.6) is 0 Å². The highest BCUT2D eigenvalue weighted by atomic mass is 31.1. The monoisotopic (exact) mass is 273 g/mol. The van der Waals surface area contributed by atoms with Crippen molar-refractivity contribution in [1.82, 2.24) is 0 Å². The molecular formula is C9H13F3O4P+. The molecule has 1 unspecified atom stereocenters. The topological polar surface area (TPSA) is 63.6 Å². The van der Waals surface area contributed by atoms with Crippen LogP contribution >= 0.6 is 8.25 Å². The van der Waals surface area contributed by atoms with Crippen LogP contribution in [0.2, 0.25) is 0 Å². The zero-order valence-electron chi connectivity index (χ0n) is 8.94. The molecule has 4 nitrogen and oxygen atoms in total. The Hall–Kier alpha value is -0.520. The van der Waals surface area contributed by atoms with E-state index in [1.165, 1.54) is 0 Å². The quantitative estimate of drug-likeness (QED) is 0.799. The summed E-state index contributed by atoms with van der Waals surface area (Å²) < 4.78 is 51.5. The predicted molar refractivity (Wildman–Crippen MR) is 52.3 cm³/mol. The standard InChI is InChI=1S/C9H12F3O4P/c10-9(11,12)7-3-1-6(2-4-7)8(13)5-16-17(14)15/h6-7H,1-5H2/p+1. The second kappa shape index (κ2) is 5.89. The average molecular weight is 273 g/mol. The van der Waals surface area contributed by atoms with Gasteiger partial charge in [-0.25, -0.2) is 0 Å². The minimum atomic E-state index is -4.20. The van der Waals surface area contributed by atoms with E-state index in [0.717, 1.165) is 0 Å². The highest BCUT2D eigenvalue weighted by Crippen LogP contribution is 2.39. The lowest BCUT2D eigenvalue weighted by atomic mass is 9.80. The van der Waals surface area contributed by atoms with Gasteiger partial charge in [0.15, 0.2) is 12.4 Å². The third-order valence-corrected chi connectivity index (χ3v) is 3.31. The number of carbonyl (C=O) groups is 1. The van der Waals surface area contributed by atoms with E-state index in [9.17, 15) is 22.5 Å². The van der Waals surface area contributed by atoms with Gasteiger partial charge in [-0.15, -0.1) is 9.42 Å². The maximum absolute atomic E-state index is 12.3. The van der Waals surface area contributed by atoms with Gasteiger partial charge in [0, 0.05) is 10.5 Å². The van der Waals surface area contributed by atoms with Crippen molar-refractivity contribution in [2.45, 2.75) is 31.9 Å². The molecule has 0 aromatic carbocycles. The Morgan fingerprint density at radius 2 is 1.82 bits per heavy atom. The van der Waals surface area contributed by atoms with Gasteiger partial charge in [-0.2, -0.15) is 13.2 Å². The molecule has 0 saturated heterocycles. The minimum absolute atomic E-state index is 0.0643. The molecule has 0 radical (unpaired) electrons. The summed E-state index contributed by atoms with van der Waals surface area (Å²) in [5.41, 5.74) is 0. The first-order chi connectivity index (χ1) is 7.80. The fourth-order valence-electron chi connectivity index (χ4n) is 1.98. The second-order valence-corrected chi connectivity index (χ2v) is 4.80. The van der Waals surface area contributed by atoms with Gasteiger partial charge < -0.3 is 0 Å². The summed E-state index contributed by atoms with van der Waals surface area (Å²) in [5.74, 6) is -2.21. The number of carbonyl (C=O) groups excluding carboxylic acids is 1. The lowest BCUT2D eigenvalue weighted by molar-refractivity contribution is -0.184. The minimum Gasteiger partial charge on any atom is -0.297 e. The normalized spacial score (nSPS) is 26.7. The number of halogens is 3. The van der Waals surface area contributed by atoms with E-state index in [2.05, 4.69) is 4.52 Å². The van der Waals surface area contributed by atoms with E-state index in [-0.39, 0.29) is 25.7 Å². The van der Waals surface area contributed by atoms with Crippen LogP contribution in [-0.2, 0) is 13.9 Å². The maximum atomic E-state index is 12.3. The number of alkyl halides is 3. The summed E-state index contributed by atoms with van der Waals surface area (Å²) >= 11 is 0. The van der Waals surface area contributed by atoms with E-state index in [1.54, 1.807) is 0 Å². The number of hydrogen-bond acceptors (Lipinski definition) is 3. The Morgan fingerprint density at radius 1 is 1.29 bits per heavy atom. The molecule has 1 aliphatic rings.